The molecule has 0 aliphatic carbocycles. The lowest BCUT2D eigenvalue weighted by molar-refractivity contribution is -0.283. The van der Waals surface area contributed by atoms with Gasteiger partial charge in [-0.2, -0.15) is 0 Å². The van der Waals surface area contributed by atoms with Crippen LogP contribution in [0, 0.1) is 0 Å². The van der Waals surface area contributed by atoms with E-state index in [1.807, 2.05) is 0 Å². The van der Waals surface area contributed by atoms with Crippen LogP contribution >= 0.6 is 0 Å². The fourth-order valence-corrected chi connectivity index (χ4v) is 2.58. The fourth-order valence-electron chi connectivity index (χ4n) is 2.58. The van der Waals surface area contributed by atoms with Gasteiger partial charge < -0.3 is 14.8 Å². The molecule has 0 aromatic carbocycles. The molecule has 2 saturated heterocycles. The molecule has 0 aromatic rings. The van der Waals surface area contributed by atoms with E-state index in [1.165, 1.54) is 0 Å². The van der Waals surface area contributed by atoms with Gasteiger partial charge in [-0.05, 0) is 20.3 Å². The summed E-state index contributed by atoms with van der Waals surface area (Å²) in [6.45, 7) is 5.93. The highest BCUT2D eigenvalue weighted by Gasteiger charge is 2.41. The maximum Gasteiger partial charge on any atom is 0.171 e. The number of ether oxygens (including phenoxy) is 2. The minimum absolute atomic E-state index is 0.312. The van der Waals surface area contributed by atoms with Crippen LogP contribution in [0.25, 0.3) is 0 Å². The first-order valence-corrected chi connectivity index (χ1v) is 5.91. The van der Waals surface area contributed by atoms with E-state index >= 15 is 0 Å². The van der Waals surface area contributed by atoms with Gasteiger partial charge in [-0.3, -0.25) is 0 Å². The molecular formula is C12H21NO2. The zero-order chi connectivity index (χ0) is 10.7. The maximum absolute atomic E-state index is 5.86. The Morgan fingerprint density at radius 3 is 2.67 bits per heavy atom. The molecular weight excluding hydrogens is 190 g/mol. The molecule has 0 aromatic heterocycles. The van der Waals surface area contributed by atoms with Gasteiger partial charge in [0.2, 0.25) is 0 Å². The van der Waals surface area contributed by atoms with E-state index in [-0.39, 0.29) is 5.79 Å². The van der Waals surface area contributed by atoms with Crippen molar-refractivity contribution in [3.05, 3.63) is 12.2 Å². The molecule has 86 valence electrons. The first-order valence-electron chi connectivity index (χ1n) is 5.91. The molecule has 2 heterocycles. The molecule has 2 atom stereocenters. The molecule has 3 nitrogen and oxygen atoms in total. The average molecular weight is 211 g/mol. The second kappa shape index (κ2) is 4.64. The van der Waals surface area contributed by atoms with Crippen molar-refractivity contribution in [2.45, 2.75) is 51.0 Å². The van der Waals surface area contributed by atoms with Crippen LogP contribution in [0.2, 0.25) is 0 Å². The van der Waals surface area contributed by atoms with Crippen molar-refractivity contribution >= 4 is 0 Å². The number of piperidine rings is 1. The normalized spacial score (nSPS) is 36.1. The highest BCUT2D eigenvalue weighted by atomic mass is 16.7. The summed E-state index contributed by atoms with van der Waals surface area (Å²) in [5.41, 5.74) is 0. The average Bonchev–Trinajstić information content (AvgIpc) is 2.17. The smallest absolute Gasteiger partial charge is 0.171 e. The van der Waals surface area contributed by atoms with Crippen LogP contribution in [0.5, 0.6) is 0 Å². The first-order chi connectivity index (χ1) is 7.24. The van der Waals surface area contributed by atoms with Crippen molar-refractivity contribution in [2.75, 3.05) is 13.2 Å². The summed E-state index contributed by atoms with van der Waals surface area (Å²) in [6.07, 6.45) is 7.20. The van der Waals surface area contributed by atoms with Gasteiger partial charge in [0.05, 0.1) is 13.2 Å². The zero-order valence-corrected chi connectivity index (χ0v) is 9.66. The van der Waals surface area contributed by atoms with E-state index in [4.69, 9.17) is 9.47 Å². The molecule has 0 bridgehead atoms. The van der Waals surface area contributed by atoms with E-state index in [0.717, 1.165) is 32.5 Å². The highest BCUT2D eigenvalue weighted by molar-refractivity contribution is 5.00. The monoisotopic (exact) mass is 211 g/mol. The maximum atomic E-state index is 5.86. The summed E-state index contributed by atoms with van der Waals surface area (Å²) in [4.78, 5) is 0. The second-order valence-electron chi connectivity index (χ2n) is 4.57. The summed E-state index contributed by atoms with van der Waals surface area (Å²) in [5.74, 6) is -0.312. The summed E-state index contributed by atoms with van der Waals surface area (Å²) < 4.78 is 11.7. The minimum atomic E-state index is -0.312. The summed E-state index contributed by atoms with van der Waals surface area (Å²) in [5, 5.41) is 3.54. The van der Waals surface area contributed by atoms with Gasteiger partial charge in [0.1, 0.15) is 0 Å². The number of allylic oxidation sites excluding steroid dienone is 1. The van der Waals surface area contributed by atoms with Crippen LogP contribution in [-0.2, 0) is 9.47 Å². The molecule has 2 fully saturated rings. The van der Waals surface area contributed by atoms with E-state index in [0.29, 0.717) is 12.1 Å². The number of hydrogen-bond donors (Lipinski definition) is 1. The van der Waals surface area contributed by atoms with E-state index < -0.39 is 0 Å². The van der Waals surface area contributed by atoms with Crippen molar-refractivity contribution in [3.8, 4) is 0 Å². The summed E-state index contributed by atoms with van der Waals surface area (Å²) in [7, 11) is 0. The third kappa shape index (κ3) is 2.60. The number of hydrogen-bond acceptors (Lipinski definition) is 3. The highest BCUT2D eigenvalue weighted by Crippen LogP contribution is 2.33. The van der Waals surface area contributed by atoms with Gasteiger partial charge in [0, 0.05) is 24.9 Å². The van der Waals surface area contributed by atoms with Crippen LogP contribution in [0.15, 0.2) is 12.2 Å². The van der Waals surface area contributed by atoms with E-state index in [1.54, 1.807) is 0 Å². The Morgan fingerprint density at radius 2 is 2.00 bits per heavy atom. The van der Waals surface area contributed by atoms with Crippen molar-refractivity contribution < 1.29 is 9.47 Å². The lowest BCUT2D eigenvalue weighted by atomic mass is 9.92. The predicted molar refractivity (Wildman–Crippen MR) is 59.7 cm³/mol. The Labute approximate surface area is 91.8 Å². The minimum Gasteiger partial charge on any atom is -0.350 e. The second-order valence-corrected chi connectivity index (χ2v) is 4.57. The van der Waals surface area contributed by atoms with Crippen LogP contribution in [0.3, 0.4) is 0 Å². The van der Waals surface area contributed by atoms with Crippen LogP contribution < -0.4 is 5.32 Å². The predicted octanol–water partition coefficient (Wildman–Crippen LogP) is 1.84. The van der Waals surface area contributed by atoms with Gasteiger partial charge in [-0.25, -0.2) is 0 Å². The van der Waals surface area contributed by atoms with Gasteiger partial charge in [0.25, 0.3) is 0 Å². The molecule has 2 aliphatic rings. The first kappa shape index (κ1) is 11.1. The van der Waals surface area contributed by atoms with Gasteiger partial charge >= 0.3 is 0 Å². The molecule has 2 rings (SSSR count). The standard InChI is InChI=1S/C12H21NO2/c1-3-5-11-9-12(8-10(2)13-11)14-6-4-7-15-12/h3,5,10-11,13H,4,6-9H2,1-2H3/b5-3+/t10-,11+/m1/s1. The molecule has 3 heteroatoms. The van der Waals surface area contributed by atoms with E-state index in [9.17, 15) is 0 Å². The van der Waals surface area contributed by atoms with Gasteiger partial charge in [-0.1, -0.05) is 12.2 Å². The summed E-state index contributed by atoms with van der Waals surface area (Å²) >= 11 is 0. The molecule has 15 heavy (non-hydrogen) atoms. The van der Waals surface area contributed by atoms with Crippen LogP contribution in [0.4, 0.5) is 0 Å². The van der Waals surface area contributed by atoms with E-state index in [2.05, 4.69) is 31.3 Å². The largest absolute Gasteiger partial charge is 0.350 e. The molecule has 0 unspecified atom stereocenters. The third-order valence-corrected chi connectivity index (χ3v) is 3.09. The third-order valence-electron chi connectivity index (χ3n) is 3.09. The Bertz CT molecular complexity index is 234. The Balaban J connectivity index is 2.04. The molecule has 0 radical (unpaired) electrons. The molecule has 0 amide bonds. The van der Waals surface area contributed by atoms with Crippen molar-refractivity contribution in [3.63, 3.8) is 0 Å². The van der Waals surface area contributed by atoms with Crippen LogP contribution in [0.1, 0.15) is 33.1 Å². The Kier molecular flexibility index (Phi) is 3.44. The number of nitrogens with one attached hydrogen (secondary N) is 1. The quantitative estimate of drug-likeness (QED) is 0.671. The molecule has 0 saturated carbocycles. The lowest BCUT2D eigenvalue weighted by Gasteiger charge is -2.45. The topological polar surface area (TPSA) is 30.5 Å². The Morgan fingerprint density at radius 1 is 1.27 bits per heavy atom. The Hall–Kier alpha value is -0.380. The lowest BCUT2D eigenvalue weighted by Crippen LogP contribution is -2.55. The SMILES string of the molecule is C/C=C/[C@H]1CC2(C[C@@H](C)N1)OCCCO2. The van der Waals surface area contributed by atoms with Crippen molar-refractivity contribution in [1.82, 2.24) is 5.32 Å². The van der Waals surface area contributed by atoms with Crippen molar-refractivity contribution in [2.24, 2.45) is 0 Å². The fraction of sp³-hybridized carbons (Fsp3) is 0.833. The van der Waals surface area contributed by atoms with Crippen LogP contribution in [-0.4, -0.2) is 31.1 Å². The van der Waals surface area contributed by atoms with Crippen molar-refractivity contribution in [1.29, 1.82) is 0 Å². The van der Waals surface area contributed by atoms with Gasteiger partial charge in [0.15, 0.2) is 5.79 Å². The summed E-state index contributed by atoms with van der Waals surface area (Å²) in [6, 6.07) is 0.842. The zero-order valence-electron chi connectivity index (χ0n) is 9.66. The molecule has 1 N–H and O–H groups in total. The molecule has 2 aliphatic heterocycles. The van der Waals surface area contributed by atoms with Gasteiger partial charge in [-0.15, -0.1) is 0 Å². The molecule has 1 spiro atoms. The number of rotatable bonds is 1.